The number of anilines is 1. The van der Waals surface area contributed by atoms with Crippen LogP contribution in [0.25, 0.3) is 0 Å². The number of rotatable bonds is 7. The van der Waals surface area contributed by atoms with Crippen LogP contribution in [0.5, 0.6) is 0 Å². The topological polar surface area (TPSA) is 38.8 Å². The summed E-state index contributed by atoms with van der Waals surface area (Å²) in [7, 11) is 0. The summed E-state index contributed by atoms with van der Waals surface area (Å²) in [6.45, 7) is 5.36. The van der Waals surface area contributed by atoms with Gasteiger partial charge in [-0.25, -0.2) is 0 Å². The standard InChI is InChI=1S/C15H20F3NO3/c1-4-21-13(22-5-2)10-19(14(20)15(16,17)18)12-8-6-7-11(3)9-12/h6-9,13H,4-5,10H2,1-3H3. The third kappa shape index (κ3) is 5.31. The molecule has 0 bridgehead atoms. The van der Waals surface area contributed by atoms with E-state index in [1.165, 1.54) is 12.1 Å². The summed E-state index contributed by atoms with van der Waals surface area (Å²) in [6, 6.07) is 6.30. The third-order valence-electron chi connectivity index (χ3n) is 2.84. The predicted molar refractivity (Wildman–Crippen MR) is 76.6 cm³/mol. The van der Waals surface area contributed by atoms with Crippen LogP contribution in [-0.2, 0) is 14.3 Å². The number of hydrogen-bond donors (Lipinski definition) is 0. The second-order valence-electron chi connectivity index (χ2n) is 4.59. The Bertz CT molecular complexity index is 485. The monoisotopic (exact) mass is 319 g/mol. The molecule has 0 atom stereocenters. The number of ether oxygens (including phenoxy) is 2. The van der Waals surface area contributed by atoms with Crippen LogP contribution in [0.4, 0.5) is 18.9 Å². The van der Waals surface area contributed by atoms with Gasteiger partial charge in [0, 0.05) is 18.9 Å². The summed E-state index contributed by atoms with van der Waals surface area (Å²) in [4.78, 5) is 12.4. The van der Waals surface area contributed by atoms with Crippen LogP contribution >= 0.6 is 0 Å². The maximum absolute atomic E-state index is 12.8. The number of aryl methyl sites for hydroxylation is 1. The Labute approximate surface area is 127 Å². The van der Waals surface area contributed by atoms with E-state index in [-0.39, 0.29) is 25.4 Å². The average molecular weight is 319 g/mol. The van der Waals surface area contributed by atoms with E-state index < -0.39 is 18.4 Å². The van der Waals surface area contributed by atoms with Gasteiger partial charge < -0.3 is 9.47 Å². The maximum Gasteiger partial charge on any atom is 0.471 e. The fourth-order valence-corrected chi connectivity index (χ4v) is 1.93. The van der Waals surface area contributed by atoms with Gasteiger partial charge in [0.25, 0.3) is 0 Å². The number of nitrogens with zero attached hydrogens (tertiary/aromatic N) is 1. The molecule has 0 aliphatic heterocycles. The molecule has 1 aromatic carbocycles. The molecule has 7 heteroatoms. The fourth-order valence-electron chi connectivity index (χ4n) is 1.93. The van der Waals surface area contributed by atoms with Crippen LogP contribution in [0.2, 0.25) is 0 Å². The van der Waals surface area contributed by atoms with Gasteiger partial charge in [-0.3, -0.25) is 9.69 Å². The fraction of sp³-hybridized carbons (Fsp3) is 0.533. The highest BCUT2D eigenvalue weighted by Crippen LogP contribution is 2.25. The van der Waals surface area contributed by atoms with Gasteiger partial charge in [0.2, 0.25) is 0 Å². The quantitative estimate of drug-likeness (QED) is 0.724. The van der Waals surface area contributed by atoms with Crippen LogP contribution in [-0.4, -0.2) is 38.1 Å². The van der Waals surface area contributed by atoms with Crippen molar-refractivity contribution in [3.05, 3.63) is 29.8 Å². The van der Waals surface area contributed by atoms with E-state index in [1.54, 1.807) is 32.9 Å². The number of benzene rings is 1. The van der Waals surface area contributed by atoms with Gasteiger partial charge in [0.1, 0.15) is 0 Å². The Kier molecular flexibility index (Phi) is 6.83. The molecule has 0 aliphatic carbocycles. The first-order valence-electron chi connectivity index (χ1n) is 6.98. The molecule has 0 fully saturated rings. The lowest BCUT2D eigenvalue weighted by Crippen LogP contribution is -2.46. The van der Waals surface area contributed by atoms with Gasteiger partial charge in [-0.2, -0.15) is 13.2 Å². The molecule has 0 aromatic heterocycles. The van der Waals surface area contributed by atoms with Crippen molar-refractivity contribution in [2.24, 2.45) is 0 Å². The molecule has 0 heterocycles. The molecule has 1 aromatic rings. The lowest BCUT2D eigenvalue weighted by atomic mass is 10.2. The highest BCUT2D eigenvalue weighted by Gasteiger charge is 2.43. The summed E-state index contributed by atoms with van der Waals surface area (Å²) in [5.41, 5.74) is 0.911. The minimum absolute atomic E-state index is 0.159. The zero-order chi connectivity index (χ0) is 16.8. The van der Waals surface area contributed by atoms with Gasteiger partial charge in [0.05, 0.1) is 6.54 Å². The molecular formula is C15H20F3NO3. The number of hydrogen-bond acceptors (Lipinski definition) is 3. The number of carbonyl (C=O) groups excluding carboxylic acids is 1. The summed E-state index contributed by atoms with van der Waals surface area (Å²) in [6.07, 6.45) is -5.88. The average Bonchev–Trinajstić information content (AvgIpc) is 2.43. The lowest BCUT2D eigenvalue weighted by Gasteiger charge is -2.28. The van der Waals surface area contributed by atoms with E-state index in [4.69, 9.17) is 9.47 Å². The second-order valence-corrected chi connectivity index (χ2v) is 4.59. The van der Waals surface area contributed by atoms with Crippen molar-refractivity contribution < 1.29 is 27.4 Å². The van der Waals surface area contributed by atoms with Crippen LogP contribution in [0.15, 0.2) is 24.3 Å². The van der Waals surface area contributed by atoms with Gasteiger partial charge in [-0.1, -0.05) is 12.1 Å². The molecule has 1 rings (SSSR count). The minimum atomic E-state index is -4.97. The number of halogens is 3. The highest BCUT2D eigenvalue weighted by molar-refractivity contribution is 5.97. The Morgan fingerprint density at radius 3 is 2.27 bits per heavy atom. The second kappa shape index (κ2) is 8.14. The molecular weight excluding hydrogens is 299 g/mol. The van der Waals surface area contributed by atoms with Crippen molar-refractivity contribution in [1.29, 1.82) is 0 Å². The summed E-state index contributed by atoms with van der Waals surface area (Å²) < 4.78 is 49.0. The zero-order valence-corrected chi connectivity index (χ0v) is 12.8. The molecule has 124 valence electrons. The predicted octanol–water partition coefficient (Wildman–Crippen LogP) is 3.29. The van der Waals surface area contributed by atoms with Crippen molar-refractivity contribution >= 4 is 11.6 Å². The molecule has 1 amide bonds. The normalized spacial score (nSPS) is 11.8. The number of carbonyl (C=O) groups is 1. The van der Waals surface area contributed by atoms with Crippen molar-refractivity contribution in [3.8, 4) is 0 Å². The third-order valence-corrected chi connectivity index (χ3v) is 2.84. The lowest BCUT2D eigenvalue weighted by molar-refractivity contribution is -0.173. The molecule has 22 heavy (non-hydrogen) atoms. The Balaban J connectivity index is 3.08. The Hall–Kier alpha value is -1.60. The zero-order valence-electron chi connectivity index (χ0n) is 12.8. The SMILES string of the molecule is CCOC(CN(C(=O)C(F)(F)F)c1cccc(C)c1)OCC. The molecule has 0 spiro atoms. The molecule has 0 saturated heterocycles. The molecule has 4 nitrogen and oxygen atoms in total. The smallest absolute Gasteiger partial charge is 0.351 e. The van der Waals surface area contributed by atoms with E-state index in [1.807, 2.05) is 0 Å². The van der Waals surface area contributed by atoms with E-state index in [0.29, 0.717) is 4.90 Å². The van der Waals surface area contributed by atoms with E-state index in [9.17, 15) is 18.0 Å². The minimum Gasteiger partial charge on any atom is -0.351 e. The number of alkyl halides is 3. The van der Waals surface area contributed by atoms with Crippen molar-refractivity contribution in [2.45, 2.75) is 33.2 Å². The van der Waals surface area contributed by atoms with E-state index in [0.717, 1.165) is 5.56 Å². The molecule has 0 aliphatic rings. The Morgan fingerprint density at radius 1 is 1.23 bits per heavy atom. The maximum atomic E-state index is 12.8. The van der Waals surface area contributed by atoms with Crippen LogP contribution in [0.3, 0.4) is 0 Å². The number of amides is 1. The highest BCUT2D eigenvalue weighted by atomic mass is 19.4. The summed E-state index contributed by atoms with van der Waals surface area (Å²) >= 11 is 0. The van der Waals surface area contributed by atoms with Gasteiger partial charge >= 0.3 is 12.1 Å². The van der Waals surface area contributed by atoms with Gasteiger partial charge in [-0.15, -0.1) is 0 Å². The van der Waals surface area contributed by atoms with Crippen LogP contribution in [0, 0.1) is 6.92 Å². The summed E-state index contributed by atoms with van der Waals surface area (Å²) in [5, 5.41) is 0. The first-order valence-corrected chi connectivity index (χ1v) is 6.98. The van der Waals surface area contributed by atoms with Crippen molar-refractivity contribution in [1.82, 2.24) is 0 Å². The van der Waals surface area contributed by atoms with Gasteiger partial charge in [0.15, 0.2) is 6.29 Å². The first kappa shape index (κ1) is 18.4. The van der Waals surface area contributed by atoms with Crippen LogP contribution < -0.4 is 4.90 Å². The van der Waals surface area contributed by atoms with Crippen molar-refractivity contribution in [2.75, 3.05) is 24.7 Å². The molecule has 0 N–H and O–H groups in total. The molecule has 0 saturated carbocycles. The van der Waals surface area contributed by atoms with Crippen LogP contribution in [0.1, 0.15) is 19.4 Å². The summed E-state index contributed by atoms with van der Waals surface area (Å²) in [5.74, 6) is -1.94. The molecule has 0 radical (unpaired) electrons. The largest absolute Gasteiger partial charge is 0.471 e. The molecule has 0 unspecified atom stereocenters. The first-order chi connectivity index (χ1) is 10.3. The van der Waals surface area contributed by atoms with Gasteiger partial charge in [-0.05, 0) is 38.5 Å². The van der Waals surface area contributed by atoms with Crippen molar-refractivity contribution in [3.63, 3.8) is 0 Å². The van der Waals surface area contributed by atoms with E-state index >= 15 is 0 Å². The Morgan fingerprint density at radius 2 is 1.82 bits per heavy atom. The van der Waals surface area contributed by atoms with E-state index in [2.05, 4.69) is 0 Å².